The number of phenolic OH excluding ortho intramolecular Hbond substituents is 1. The predicted octanol–water partition coefficient (Wildman–Crippen LogP) is 7.14. The second-order valence-electron chi connectivity index (χ2n) is 16.3. The Kier molecular flexibility index (Phi) is 10.3. The van der Waals surface area contributed by atoms with E-state index in [0.29, 0.717) is 85.3 Å². The predicted molar refractivity (Wildman–Crippen MR) is 205 cm³/mol. The van der Waals surface area contributed by atoms with E-state index in [9.17, 15) is 23.9 Å². The van der Waals surface area contributed by atoms with Crippen molar-refractivity contribution in [2.45, 2.75) is 89.6 Å². The Morgan fingerprint density at radius 2 is 1.74 bits per heavy atom. The standard InChI is InChI=1S/C44H51FN4O5/c1-44-19-18-32-31-14-12-30(50)27-29(31)11-13-33(32)37(44)15-17-40(44)54-24-6-2-3-9-41(51)48-20-22-49(23-21-48)43(53)36-25-28(10-16-38(36)45)26-39-34-7-4-5-8-35(34)42(52)47-46-39/h4-5,7-8,10,12,14,16,25,27,32-33,37,40,50H,2-3,6,9,11,13,15,17-24,26H2,1H3,(H,47,52)/t32-,33-,37+,40?,44+/m1/s1. The van der Waals surface area contributed by atoms with Gasteiger partial charge < -0.3 is 19.6 Å². The van der Waals surface area contributed by atoms with Crippen molar-refractivity contribution in [3.05, 3.63) is 105 Å². The number of H-pyrrole nitrogens is 1. The summed E-state index contributed by atoms with van der Waals surface area (Å²) in [5.41, 5.74) is 4.11. The molecule has 2 heterocycles. The van der Waals surface area contributed by atoms with Gasteiger partial charge in [-0.3, -0.25) is 14.4 Å². The number of aromatic nitrogens is 2. The van der Waals surface area contributed by atoms with Gasteiger partial charge in [0.05, 0.1) is 22.7 Å². The van der Waals surface area contributed by atoms with E-state index in [1.165, 1.54) is 42.9 Å². The number of ether oxygens (including phenoxy) is 1. The van der Waals surface area contributed by atoms with Gasteiger partial charge in [-0.15, -0.1) is 0 Å². The molecule has 284 valence electrons. The number of rotatable bonds is 10. The van der Waals surface area contributed by atoms with E-state index >= 15 is 0 Å². The quantitative estimate of drug-likeness (QED) is 0.167. The maximum atomic E-state index is 15.0. The van der Waals surface area contributed by atoms with E-state index in [-0.39, 0.29) is 28.4 Å². The molecule has 8 rings (SSSR count). The number of nitrogens with one attached hydrogen (secondary N) is 1. The molecular formula is C44H51FN4O5. The maximum absolute atomic E-state index is 15.0. The number of piperazine rings is 1. The van der Waals surface area contributed by atoms with Gasteiger partial charge in [-0.1, -0.05) is 43.7 Å². The second-order valence-corrected chi connectivity index (χ2v) is 16.3. The second kappa shape index (κ2) is 15.3. The van der Waals surface area contributed by atoms with E-state index in [0.717, 1.165) is 44.1 Å². The zero-order valence-corrected chi connectivity index (χ0v) is 31.2. The molecule has 1 saturated heterocycles. The average Bonchev–Trinajstić information content (AvgIpc) is 3.53. The molecule has 54 heavy (non-hydrogen) atoms. The topological polar surface area (TPSA) is 116 Å². The van der Waals surface area contributed by atoms with Crippen LogP contribution < -0.4 is 5.56 Å². The van der Waals surface area contributed by atoms with Gasteiger partial charge in [0, 0.05) is 51.0 Å². The highest BCUT2D eigenvalue weighted by atomic mass is 19.1. The van der Waals surface area contributed by atoms with Crippen LogP contribution in [0.1, 0.15) is 103 Å². The molecule has 4 aliphatic rings. The van der Waals surface area contributed by atoms with Crippen LogP contribution in [0, 0.1) is 23.1 Å². The number of benzene rings is 3. The minimum absolute atomic E-state index is 0.000293. The van der Waals surface area contributed by atoms with Crippen LogP contribution in [0.15, 0.2) is 65.5 Å². The highest BCUT2D eigenvalue weighted by Crippen LogP contribution is 2.61. The lowest BCUT2D eigenvalue weighted by Gasteiger charge is -2.50. The molecule has 9 nitrogen and oxygen atoms in total. The summed E-state index contributed by atoms with van der Waals surface area (Å²) >= 11 is 0. The first-order valence-corrected chi connectivity index (χ1v) is 19.9. The number of hydrogen-bond donors (Lipinski definition) is 2. The lowest BCUT2D eigenvalue weighted by Crippen LogP contribution is -2.50. The summed E-state index contributed by atoms with van der Waals surface area (Å²) in [6.07, 6.45) is 10.8. The van der Waals surface area contributed by atoms with Gasteiger partial charge in [0.2, 0.25) is 5.91 Å². The van der Waals surface area contributed by atoms with Crippen molar-refractivity contribution >= 4 is 22.6 Å². The molecule has 3 aliphatic carbocycles. The minimum atomic E-state index is -0.585. The van der Waals surface area contributed by atoms with Crippen LogP contribution in [0.3, 0.4) is 0 Å². The Bertz CT molecular complexity index is 2090. The van der Waals surface area contributed by atoms with Gasteiger partial charge in [-0.2, -0.15) is 5.10 Å². The molecule has 0 bridgehead atoms. The van der Waals surface area contributed by atoms with Crippen molar-refractivity contribution in [1.82, 2.24) is 20.0 Å². The van der Waals surface area contributed by atoms with Gasteiger partial charge in [-0.25, -0.2) is 9.49 Å². The van der Waals surface area contributed by atoms with Gasteiger partial charge in [0.1, 0.15) is 11.6 Å². The third-order valence-corrected chi connectivity index (χ3v) is 13.3. The van der Waals surface area contributed by atoms with Crippen LogP contribution in [0.4, 0.5) is 4.39 Å². The Labute approximate surface area is 315 Å². The van der Waals surface area contributed by atoms with E-state index in [1.807, 2.05) is 29.2 Å². The molecule has 2 saturated carbocycles. The van der Waals surface area contributed by atoms with Gasteiger partial charge >= 0.3 is 0 Å². The van der Waals surface area contributed by atoms with Gasteiger partial charge in [-0.05, 0) is 122 Å². The number of aryl methyl sites for hydroxylation is 1. The largest absolute Gasteiger partial charge is 0.508 e. The molecule has 3 fully saturated rings. The van der Waals surface area contributed by atoms with Crippen molar-refractivity contribution in [2.24, 2.45) is 17.3 Å². The number of nitrogens with zero attached hydrogens (tertiary/aromatic N) is 3. The number of phenols is 1. The summed E-state index contributed by atoms with van der Waals surface area (Å²) in [7, 11) is 0. The molecule has 1 aromatic heterocycles. The van der Waals surface area contributed by atoms with Crippen molar-refractivity contribution in [1.29, 1.82) is 0 Å². The Morgan fingerprint density at radius 1 is 0.944 bits per heavy atom. The van der Waals surface area contributed by atoms with Gasteiger partial charge in [0.15, 0.2) is 0 Å². The summed E-state index contributed by atoms with van der Waals surface area (Å²) in [4.78, 5) is 42.2. The fourth-order valence-corrected chi connectivity index (χ4v) is 10.4. The summed E-state index contributed by atoms with van der Waals surface area (Å²) < 4.78 is 21.5. The number of aromatic hydroxyl groups is 1. The van der Waals surface area contributed by atoms with Crippen LogP contribution >= 0.6 is 0 Å². The summed E-state index contributed by atoms with van der Waals surface area (Å²) in [6.45, 7) is 4.76. The smallest absolute Gasteiger partial charge is 0.272 e. The number of halogens is 1. The van der Waals surface area contributed by atoms with Crippen LogP contribution in [-0.2, 0) is 22.4 Å². The molecule has 0 spiro atoms. The van der Waals surface area contributed by atoms with E-state index in [1.54, 1.807) is 29.2 Å². The van der Waals surface area contributed by atoms with Crippen molar-refractivity contribution in [3.63, 3.8) is 0 Å². The molecule has 3 aromatic carbocycles. The zero-order chi connectivity index (χ0) is 37.4. The summed E-state index contributed by atoms with van der Waals surface area (Å²) in [5, 5.41) is 18.0. The zero-order valence-electron chi connectivity index (χ0n) is 31.2. The van der Waals surface area contributed by atoms with Crippen molar-refractivity contribution < 1.29 is 23.8 Å². The molecule has 2 amide bonds. The summed E-state index contributed by atoms with van der Waals surface area (Å²) in [5.74, 6) is 1.50. The molecule has 5 atom stereocenters. The van der Waals surface area contributed by atoms with E-state index in [2.05, 4.69) is 23.2 Å². The van der Waals surface area contributed by atoms with Crippen LogP contribution in [0.2, 0.25) is 0 Å². The molecule has 1 unspecified atom stereocenters. The fourth-order valence-electron chi connectivity index (χ4n) is 10.4. The fraction of sp³-hybridized carbons (Fsp3) is 0.500. The number of fused-ring (bicyclic) bond motifs is 6. The normalized spacial score (nSPS) is 24.9. The highest BCUT2D eigenvalue weighted by molar-refractivity contribution is 5.95. The molecule has 10 heteroatoms. The monoisotopic (exact) mass is 734 g/mol. The Hall–Kier alpha value is -4.57. The van der Waals surface area contributed by atoms with Crippen LogP contribution in [0.25, 0.3) is 10.8 Å². The number of hydrogen-bond acceptors (Lipinski definition) is 6. The molecule has 4 aromatic rings. The number of carbonyl (C=O) groups is 2. The third-order valence-electron chi connectivity index (χ3n) is 13.3. The molecule has 1 aliphatic heterocycles. The summed E-state index contributed by atoms with van der Waals surface area (Å²) in [6, 6.07) is 17.7. The first-order chi connectivity index (χ1) is 26.2. The Morgan fingerprint density at radius 3 is 2.57 bits per heavy atom. The minimum Gasteiger partial charge on any atom is -0.508 e. The number of amides is 2. The molecule has 2 N–H and O–H groups in total. The first-order valence-electron chi connectivity index (χ1n) is 19.9. The number of aromatic amines is 1. The van der Waals surface area contributed by atoms with Crippen molar-refractivity contribution in [2.75, 3.05) is 32.8 Å². The number of unbranched alkanes of at least 4 members (excludes halogenated alkanes) is 2. The highest BCUT2D eigenvalue weighted by Gasteiger charge is 2.55. The number of carbonyl (C=O) groups excluding carboxylic acids is 2. The van der Waals surface area contributed by atoms with E-state index < -0.39 is 5.82 Å². The van der Waals surface area contributed by atoms with Crippen LogP contribution in [0.5, 0.6) is 5.75 Å². The van der Waals surface area contributed by atoms with E-state index in [4.69, 9.17) is 4.74 Å². The lowest BCUT2D eigenvalue weighted by molar-refractivity contribution is -0.132. The van der Waals surface area contributed by atoms with Gasteiger partial charge in [0.25, 0.3) is 11.5 Å². The molecular weight excluding hydrogens is 684 g/mol. The maximum Gasteiger partial charge on any atom is 0.272 e. The van der Waals surface area contributed by atoms with Crippen molar-refractivity contribution in [3.8, 4) is 5.75 Å². The molecule has 0 radical (unpaired) electrons. The average molecular weight is 735 g/mol. The SMILES string of the molecule is C[C@]12CC[C@@H]3c4ccc(O)cc4CC[C@H]3[C@@H]1CCC2OCCCCCC(=O)N1CCN(C(=O)c2cc(Cc3n[nH]c(=O)c4ccccc34)ccc2F)CC1. The lowest BCUT2D eigenvalue weighted by atomic mass is 9.55. The third kappa shape index (κ3) is 7.05. The first kappa shape index (κ1) is 36.4. The Balaban J connectivity index is 0.764. The van der Waals surface area contributed by atoms with Crippen LogP contribution in [-0.4, -0.2) is 75.8 Å².